The van der Waals surface area contributed by atoms with Crippen LogP contribution in [0.3, 0.4) is 0 Å². The van der Waals surface area contributed by atoms with Crippen molar-refractivity contribution in [2.45, 2.75) is 45.6 Å². The first-order chi connectivity index (χ1) is 16.0. The van der Waals surface area contributed by atoms with Gasteiger partial charge in [0.25, 0.3) is 5.56 Å². The van der Waals surface area contributed by atoms with Gasteiger partial charge in [-0.15, -0.1) is 0 Å². The maximum absolute atomic E-state index is 13.4. The van der Waals surface area contributed by atoms with Crippen LogP contribution in [0.25, 0.3) is 22.3 Å². The van der Waals surface area contributed by atoms with E-state index in [4.69, 9.17) is 19.2 Å². The summed E-state index contributed by atoms with van der Waals surface area (Å²) in [5.41, 5.74) is 2.48. The number of esters is 1. The number of fused-ring (bicyclic) bond motifs is 6. The molecule has 0 aliphatic carbocycles. The predicted octanol–water partition coefficient (Wildman–Crippen LogP) is 1.92. The zero-order valence-corrected chi connectivity index (χ0v) is 18.4. The molecule has 9 nitrogen and oxygen atoms in total. The molecule has 0 spiro atoms. The highest BCUT2D eigenvalue weighted by Gasteiger charge is 2.45. The fourth-order valence-electron chi connectivity index (χ4n) is 5.00. The van der Waals surface area contributed by atoms with E-state index in [9.17, 15) is 14.7 Å². The molecule has 5 heterocycles. The Morgan fingerprint density at radius 2 is 1.91 bits per heavy atom. The fourth-order valence-corrected chi connectivity index (χ4v) is 5.00. The molecular weight excluding hydrogens is 426 g/mol. The molecule has 1 atom stereocenters. The number of cyclic esters (lactones) is 1. The quantitative estimate of drug-likeness (QED) is 0.455. The normalized spacial score (nSPS) is 19.9. The van der Waals surface area contributed by atoms with Crippen molar-refractivity contribution in [2.75, 3.05) is 13.3 Å². The van der Waals surface area contributed by atoms with Gasteiger partial charge >= 0.3 is 5.97 Å². The van der Waals surface area contributed by atoms with Crippen LogP contribution in [0, 0.1) is 0 Å². The number of aliphatic hydroxyl groups is 1. The fraction of sp³-hybridized carbons (Fsp3) is 0.375. The number of nitrogens with one attached hydrogen (secondary N) is 1. The Balaban J connectivity index is 1.63. The minimum atomic E-state index is -1.85. The number of carbonyl (C=O) groups excluding carboxylic acids is 1. The topological polar surface area (TPSA) is 112 Å². The number of carbonyl (C=O) groups is 1. The van der Waals surface area contributed by atoms with E-state index in [2.05, 4.69) is 5.32 Å². The number of pyridine rings is 2. The van der Waals surface area contributed by atoms with Gasteiger partial charge in [0.15, 0.2) is 17.1 Å². The molecule has 0 radical (unpaired) electrons. The summed E-state index contributed by atoms with van der Waals surface area (Å²) < 4.78 is 17.9. The monoisotopic (exact) mass is 449 g/mol. The summed E-state index contributed by atoms with van der Waals surface area (Å²) in [6.45, 7) is 5.49. The van der Waals surface area contributed by atoms with Crippen molar-refractivity contribution in [2.24, 2.45) is 0 Å². The summed E-state index contributed by atoms with van der Waals surface area (Å²) >= 11 is 0. The average molecular weight is 449 g/mol. The van der Waals surface area contributed by atoms with Crippen molar-refractivity contribution in [1.82, 2.24) is 14.9 Å². The van der Waals surface area contributed by atoms with E-state index in [-0.39, 0.29) is 25.4 Å². The van der Waals surface area contributed by atoms with Crippen LogP contribution < -0.4 is 20.3 Å². The second-order valence-electron chi connectivity index (χ2n) is 8.52. The molecular formula is C24H23N3O6. The molecule has 170 valence electrons. The molecule has 0 bridgehead atoms. The van der Waals surface area contributed by atoms with E-state index in [0.717, 1.165) is 28.6 Å². The van der Waals surface area contributed by atoms with Crippen molar-refractivity contribution in [3.05, 3.63) is 50.8 Å². The van der Waals surface area contributed by atoms with E-state index < -0.39 is 11.6 Å². The smallest absolute Gasteiger partial charge is 0.343 e. The highest BCUT2D eigenvalue weighted by molar-refractivity contribution is 5.91. The average Bonchev–Trinajstić information content (AvgIpc) is 3.42. The van der Waals surface area contributed by atoms with Gasteiger partial charge in [0.2, 0.25) is 6.79 Å². The van der Waals surface area contributed by atoms with Gasteiger partial charge in [-0.3, -0.25) is 4.79 Å². The second-order valence-corrected chi connectivity index (χ2v) is 8.52. The Kier molecular flexibility index (Phi) is 4.30. The molecule has 2 aromatic heterocycles. The number of hydrogen-bond donors (Lipinski definition) is 2. The molecule has 0 saturated heterocycles. The van der Waals surface area contributed by atoms with Gasteiger partial charge in [0, 0.05) is 29.1 Å². The lowest BCUT2D eigenvalue weighted by atomic mass is 9.86. The van der Waals surface area contributed by atoms with Crippen LogP contribution in [0.5, 0.6) is 11.5 Å². The predicted molar refractivity (Wildman–Crippen MR) is 118 cm³/mol. The molecule has 0 amide bonds. The van der Waals surface area contributed by atoms with E-state index in [1.807, 2.05) is 19.1 Å². The zero-order chi connectivity index (χ0) is 22.9. The molecule has 0 fully saturated rings. The molecule has 3 aromatic rings. The Bertz CT molecular complexity index is 1410. The number of aromatic nitrogens is 2. The van der Waals surface area contributed by atoms with E-state index in [1.165, 1.54) is 0 Å². The van der Waals surface area contributed by atoms with Gasteiger partial charge in [-0.1, -0.05) is 13.8 Å². The number of hydrogen-bond acceptors (Lipinski definition) is 8. The second kappa shape index (κ2) is 7.03. The first-order valence-corrected chi connectivity index (χ1v) is 11.1. The van der Waals surface area contributed by atoms with Gasteiger partial charge in [-0.25, -0.2) is 9.78 Å². The van der Waals surface area contributed by atoms with Gasteiger partial charge in [-0.05, 0) is 30.7 Å². The van der Waals surface area contributed by atoms with Gasteiger partial charge < -0.3 is 29.2 Å². The highest BCUT2D eigenvalue weighted by Crippen LogP contribution is 2.43. The number of nitrogens with zero attached hydrogens (tertiary/aromatic N) is 2. The van der Waals surface area contributed by atoms with Gasteiger partial charge in [0.1, 0.15) is 6.61 Å². The van der Waals surface area contributed by atoms with E-state index in [0.29, 0.717) is 47.1 Å². The highest BCUT2D eigenvalue weighted by atomic mass is 16.7. The van der Waals surface area contributed by atoms with Crippen molar-refractivity contribution >= 4 is 16.9 Å². The molecule has 6 rings (SSSR count). The Morgan fingerprint density at radius 3 is 2.67 bits per heavy atom. The largest absolute Gasteiger partial charge is 0.458 e. The molecule has 0 saturated carbocycles. The van der Waals surface area contributed by atoms with Gasteiger partial charge in [-0.2, -0.15) is 0 Å². The Labute approximate surface area is 188 Å². The van der Waals surface area contributed by atoms with Crippen LogP contribution in [0.2, 0.25) is 0 Å². The summed E-state index contributed by atoms with van der Waals surface area (Å²) in [4.78, 5) is 30.7. The Hall–Kier alpha value is -3.43. The minimum absolute atomic E-state index is 0.106. The molecule has 0 unspecified atom stereocenters. The third-order valence-corrected chi connectivity index (χ3v) is 6.85. The van der Waals surface area contributed by atoms with Crippen molar-refractivity contribution in [3.63, 3.8) is 0 Å². The third-order valence-electron chi connectivity index (χ3n) is 6.85. The molecule has 33 heavy (non-hydrogen) atoms. The third kappa shape index (κ3) is 2.69. The summed E-state index contributed by atoms with van der Waals surface area (Å²) in [7, 11) is 0. The van der Waals surface area contributed by atoms with E-state index in [1.54, 1.807) is 17.6 Å². The van der Waals surface area contributed by atoms with Crippen LogP contribution in [-0.4, -0.2) is 34.0 Å². The lowest BCUT2D eigenvalue weighted by Crippen LogP contribution is -2.44. The van der Waals surface area contributed by atoms with Crippen LogP contribution in [0.4, 0.5) is 0 Å². The molecule has 3 aliphatic heterocycles. The number of ether oxygens (including phenoxy) is 3. The maximum Gasteiger partial charge on any atom is 0.343 e. The van der Waals surface area contributed by atoms with Crippen molar-refractivity contribution in [3.8, 4) is 22.9 Å². The SMILES string of the molecule is CCNCc1c2c(nc3cc4c(cc13)OCO4)-c1cc3c(c(=O)n1C2)COC(=O)[C@]3(O)CC. The first-order valence-electron chi connectivity index (χ1n) is 11.1. The molecule has 9 heteroatoms. The number of benzene rings is 1. The summed E-state index contributed by atoms with van der Waals surface area (Å²) in [5.74, 6) is 0.578. The van der Waals surface area contributed by atoms with Gasteiger partial charge in [0.05, 0.1) is 29.0 Å². The van der Waals surface area contributed by atoms with Crippen molar-refractivity contribution < 1.29 is 24.1 Å². The van der Waals surface area contributed by atoms with E-state index >= 15 is 0 Å². The van der Waals surface area contributed by atoms with Crippen LogP contribution in [-0.2, 0) is 34.8 Å². The van der Waals surface area contributed by atoms with Crippen LogP contribution in [0.1, 0.15) is 42.5 Å². The zero-order valence-electron chi connectivity index (χ0n) is 18.4. The van der Waals surface area contributed by atoms with Crippen LogP contribution in [0.15, 0.2) is 23.0 Å². The lowest BCUT2D eigenvalue weighted by molar-refractivity contribution is -0.172. The lowest BCUT2D eigenvalue weighted by Gasteiger charge is -2.31. The minimum Gasteiger partial charge on any atom is -0.458 e. The first kappa shape index (κ1) is 20.2. The summed E-state index contributed by atoms with van der Waals surface area (Å²) in [5, 5.41) is 15.4. The maximum atomic E-state index is 13.4. The van der Waals surface area contributed by atoms with Crippen molar-refractivity contribution in [1.29, 1.82) is 0 Å². The molecule has 2 N–H and O–H groups in total. The van der Waals surface area contributed by atoms with Crippen LogP contribution >= 0.6 is 0 Å². The molecule has 1 aromatic carbocycles. The Morgan fingerprint density at radius 1 is 1.12 bits per heavy atom. The summed E-state index contributed by atoms with van der Waals surface area (Å²) in [6.07, 6.45) is 0.106. The number of rotatable bonds is 4. The summed E-state index contributed by atoms with van der Waals surface area (Å²) in [6, 6.07) is 5.53. The molecule has 3 aliphatic rings. The standard InChI is InChI=1S/C24H23N3O6/c1-3-24(30)16-6-18-21-14(9-27(18)22(28)15(16)10-31-23(24)29)13(8-25-4-2)12-5-19-20(33-11-32-19)7-17(12)26-21/h5-7,25,30H,3-4,8-11H2,1-2H3/t24-/m0/s1.